The molecule has 2 amide bonds. The number of furan rings is 1. The van der Waals surface area contributed by atoms with Crippen LogP contribution in [0, 0.1) is 5.82 Å². The van der Waals surface area contributed by atoms with Crippen LogP contribution in [-0.4, -0.2) is 66.6 Å². The number of rotatable bonds is 10. The Hall–Kier alpha value is -3.50. The lowest BCUT2D eigenvalue weighted by atomic mass is 10.0. The molecule has 0 bridgehead atoms. The molecule has 1 fully saturated rings. The predicted octanol–water partition coefficient (Wildman–Crippen LogP) is 4.15. The molecule has 0 radical (unpaired) electrons. The van der Waals surface area contributed by atoms with E-state index in [0.29, 0.717) is 37.9 Å². The van der Waals surface area contributed by atoms with E-state index in [4.69, 9.17) is 4.42 Å². The fourth-order valence-corrected chi connectivity index (χ4v) is 6.21. The number of amides is 2. The van der Waals surface area contributed by atoms with Crippen LogP contribution >= 0.6 is 0 Å². The molecule has 8 nitrogen and oxygen atoms in total. The van der Waals surface area contributed by atoms with Crippen molar-refractivity contribution in [2.24, 2.45) is 0 Å². The summed E-state index contributed by atoms with van der Waals surface area (Å²) in [5, 5.41) is 0. The zero-order chi connectivity index (χ0) is 27.1. The zero-order valence-electron chi connectivity index (χ0n) is 21.3. The molecule has 4 rings (SSSR count). The minimum absolute atomic E-state index is 0.127. The van der Waals surface area contributed by atoms with Crippen LogP contribution in [0.15, 0.2) is 82.3 Å². The van der Waals surface area contributed by atoms with Crippen molar-refractivity contribution in [3.8, 4) is 0 Å². The molecule has 0 spiro atoms. The molecule has 0 atom stereocenters. The molecule has 0 unspecified atom stereocenters. The molecular weight excluding hydrogens is 509 g/mol. The topological polar surface area (TPSA) is 91.1 Å². The lowest BCUT2D eigenvalue weighted by Crippen LogP contribution is -2.51. The first-order valence-corrected chi connectivity index (χ1v) is 14.2. The van der Waals surface area contributed by atoms with E-state index in [1.165, 1.54) is 34.8 Å². The van der Waals surface area contributed by atoms with Gasteiger partial charge in [0.25, 0.3) is 5.91 Å². The minimum atomic E-state index is -3.88. The fourth-order valence-electron chi connectivity index (χ4n) is 4.71. The maximum Gasteiger partial charge on any atom is 0.289 e. The number of carbonyl (C=O) groups is 2. The molecule has 0 aliphatic carbocycles. The van der Waals surface area contributed by atoms with Crippen LogP contribution in [-0.2, 0) is 21.4 Å². The van der Waals surface area contributed by atoms with E-state index in [9.17, 15) is 22.4 Å². The van der Waals surface area contributed by atoms with E-state index in [1.54, 1.807) is 52.3 Å². The van der Waals surface area contributed by atoms with Gasteiger partial charge < -0.3 is 14.2 Å². The van der Waals surface area contributed by atoms with Crippen molar-refractivity contribution >= 4 is 21.8 Å². The van der Waals surface area contributed by atoms with Crippen LogP contribution in [0.2, 0.25) is 0 Å². The van der Waals surface area contributed by atoms with E-state index in [1.807, 2.05) is 6.92 Å². The maximum absolute atomic E-state index is 13.9. The van der Waals surface area contributed by atoms with Gasteiger partial charge in [-0.1, -0.05) is 37.3 Å². The highest BCUT2D eigenvalue weighted by Gasteiger charge is 2.33. The van der Waals surface area contributed by atoms with E-state index < -0.39 is 15.8 Å². The molecule has 38 heavy (non-hydrogen) atoms. The average molecular weight is 542 g/mol. The number of carbonyl (C=O) groups excluding carboxylic acids is 2. The van der Waals surface area contributed by atoms with Gasteiger partial charge in [-0.05, 0) is 61.2 Å². The van der Waals surface area contributed by atoms with Crippen LogP contribution < -0.4 is 0 Å². The number of likely N-dealkylation sites (tertiary alicyclic amines) is 1. The van der Waals surface area contributed by atoms with Crippen molar-refractivity contribution in [2.45, 2.75) is 43.7 Å². The van der Waals surface area contributed by atoms with Crippen molar-refractivity contribution in [3.05, 3.63) is 90.1 Å². The van der Waals surface area contributed by atoms with Crippen molar-refractivity contribution in [1.82, 2.24) is 14.1 Å². The quantitative estimate of drug-likeness (QED) is 0.385. The normalized spacial score (nSPS) is 14.6. The van der Waals surface area contributed by atoms with Crippen molar-refractivity contribution in [1.29, 1.82) is 0 Å². The fraction of sp³-hybridized carbons (Fsp3) is 0.357. The molecular formula is C28H32FN3O5S. The van der Waals surface area contributed by atoms with E-state index >= 15 is 0 Å². The molecule has 1 aliphatic rings. The Balaban J connectivity index is 1.54. The molecule has 1 aliphatic heterocycles. The number of piperidine rings is 1. The van der Waals surface area contributed by atoms with Crippen molar-refractivity contribution < 1.29 is 26.8 Å². The predicted molar refractivity (Wildman–Crippen MR) is 140 cm³/mol. The zero-order valence-corrected chi connectivity index (χ0v) is 22.1. The maximum atomic E-state index is 13.9. The Kier molecular flexibility index (Phi) is 8.96. The molecule has 1 aromatic heterocycles. The summed E-state index contributed by atoms with van der Waals surface area (Å²) in [4.78, 5) is 29.9. The summed E-state index contributed by atoms with van der Waals surface area (Å²) >= 11 is 0. The first-order chi connectivity index (χ1) is 18.3. The summed E-state index contributed by atoms with van der Waals surface area (Å²) in [5.74, 6) is -0.719. The Labute approximate surface area is 222 Å². The van der Waals surface area contributed by atoms with E-state index in [-0.39, 0.29) is 48.1 Å². The minimum Gasteiger partial charge on any atom is -0.459 e. The number of nitrogens with zero attached hydrogens (tertiary/aromatic N) is 3. The largest absolute Gasteiger partial charge is 0.459 e. The number of hydrogen-bond acceptors (Lipinski definition) is 5. The van der Waals surface area contributed by atoms with Gasteiger partial charge in [0.1, 0.15) is 5.82 Å². The third-order valence-corrected chi connectivity index (χ3v) is 8.51. The van der Waals surface area contributed by atoms with Gasteiger partial charge in [0.2, 0.25) is 15.9 Å². The molecule has 0 saturated carbocycles. The van der Waals surface area contributed by atoms with Gasteiger partial charge in [-0.3, -0.25) is 9.59 Å². The Morgan fingerprint density at radius 3 is 2.39 bits per heavy atom. The van der Waals surface area contributed by atoms with Gasteiger partial charge >= 0.3 is 0 Å². The smallest absolute Gasteiger partial charge is 0.289 e. The van der Waals surface area contributed by atoms with E-state index in [2.05, 4.69) is 0 Å². The molecule has 3 aromatic rings. The summed E-state index contributed by atoms with van der Waals surface area (Å²) in [6.45, 7) is 2.68. The second kappa shape index (κ2) is 12.4. The van der Waals surface area contributed by atoms with Crippen LogP contribution in [0.5, 0.6) is 0 Å². The lowest BCUT2D eigenvalue weighted by Gasteiger charge is -2.39. The number of benzene rings is 2. The third kappa shape index (κ3) is 6.49. The van der Waals surface area contributed by atoms with Gasteiger partial charge in [-0.2, -0.15) is 4.31 Å². The first-order valence-electron chi connectivity index (χ1n) is 12.7. The molecule has 10 heteroatoms. The highest BCUT2D eigenvalue weighted by Crippen LogP contribution is 2.23. The molecule has 202 valence electrons. The summed E-state index contributed by atoms with van der Waals surface area (Å²) in [5.41, 5.74) is 0.611. The lowest BCUT2D eigenvalue weighted by molar-refractivity contribution is -0.135. The summed E-state index contributed by atoms with van der Waals surface area (Å²) < 4.78 is 47.1. The molecule has 1 saturated heterocycles. The number of halogens is 1. The number of hydrogen-bond donors (Lipinski definition) is 0. The van der Waals surface area contributed by atoms with Crippen LogP contribution in [0.1, 0.15) is 42.3 Å². The summed E-state index contributed by atoms with van der Waals surface area (Å²) in [6.07, 6.45) is 3.00. The molecule has 2 heterocycles. The summed E-state index contributed by atoms with van der Waals surface area (Å²) in [7, 11) is -3.88. The van der Waals surface area contributed by atoms with Gasteiger partial charge in [-0.15, -0.1) is 0 Å². The second-order valence-electron chi connectivity index (χ2n) is 9.30. The SMILES string of the molecule is CCCN(CC(=O)N(Cc1cccc(F)c1)C1CCN(C(=O)c2ccco2)CC1)S(=O)(=O)c1ccccc1. The van der Waals surface area contributed by atoms with Crippen LogP contribution in [0.4, 0.5) is 4.39 Å². The first kappa shape index (κ1) is 27.5. The van der Waals surface area contributed by atoms with Gasteiger partial charge in [0, 0.05) is 32.2 Å². The molecule has 2 aromatic carbocycles. The van der Waals surface area contributed by atoms with Gasteiger partial charge in [-0.25, -0.2) is 12.8 Å². The van der Waals surface area contributed by atoms with Crippen molar-refractivity contribution in [2.75, 3.05) is 26.2 Å². The second-order valence-corrected chi connectivity index (χ2v) is 11.2. The van der Waals surface area contributed by atoms with Crippen LogP contribution in [0.25, 0.3) is 0 Å². The van der Waals surface area contributed by atoms with Crippen molar-refractivity contribution in [3.63, 3.8) is 0 Å². The Bertz CT molecular complexity index is 1320. The highest BCUT2D eigenvalue weighted by molar-refractivity contribution is 7.89. The van der Waals surface area contributed by atoms with Crippen LogP contribution in [0.3, 0.4) is 0 Å². The van der Waals surface area contributed by atoms with Gasteiger partial charge in [0.05, 0.1) is 17.7 Å². The Morgan fingerprint density at radius 1 is 1.03 bits per heavy atom. The summed E-state index contributed by atoms with van der Waals surface area (Å²) in [6, 6.07) is 17.1. The highest BCUT2D eigenvalue weighted by atomic mass is 32.2. The molecule has 0 N–H and O–H groups in total. The Morgan fingerprint density at radius 2 is 1.76 bits per heavy atom. The number of sulfonamides is 1. The standard InChI is InChI=1S/C28H32FN3O5S/c1-2-15-31(38(35,36)25-10-4-3-5-11-25)21-27(33)32(20-22-8-6-9-23(29)19-22)24-13-16-30(17-14-24)28(34)26-12-7-18-37-26/h3-12,18-19,24H,2,13-17,20-21H2,1H3. The van der Waals surface area contributed by atoms with E-state index in [0.717, 1.165) is 0 Å². The average Bonchev–Trinajstić information content (AvgIpc) is 3.47. The monoisotopic (exact) mass is 541 g/mol. The third-order valence-electron chi connectivity index (χ3n) is 6.65. The van der Waals surface area contributed by atoms with Gasteiger partial charge in [0.15, 0.2) is 5.76 Å².